The lowest BCUT2D eigenvalue weighted by Crippen LogP contribution is -2.56. The van der Waals surface area contributed by atoms with Gasteiger partial charge in [-0.3, -0.25) is 9.80 Å². The van der Waals surface area contributed by atoms with Crippen LogP contribution in [0.4, 0.5) is 4.39 Å². The van der Waals surface area contributed by atoms with Crippen LogP contribution in [0, 0.1) is 18.7 Å². The number of aryl methyl sites for hydroxylation is 1. The number of hydrogen-bond acceptors (Lipinski definition) is 4. The molecule has 0 bridgehead atoms. The number of nitrogens with one attached hydrogen (secondary N) is 1. The molecule has 2 saturated heterocycles. The molecular weight excluding hydrogens is 367 g/mol. The fourth-order valence-corrected chi connectivity index (χ4v) is 5.25. The van der Waals surface area contributed by atoms with Gasteiger partial charge in [-0.1, -0.05) is 0 Å². The lowest BCUT2D eigenvalue weighted by Gasteiger charge is -2.46. The predicted octanol–water partition coefficient (Wildman–Crippen LogP) is 2.83. The van der Waals surface area contributed by atoms with Crippen LogP contribution in [-0.4, -0.2) is 83.8 Å². The van der Waals surface area contributed by atoms with Gasteiger partial charge in [0.05, 0.1) is 0 Å². The zero-order valence-electron chi connectivity index (χ0n) is 17.8. The largest absolute Gasteiger partial charge is 0.396 e. The Hall–Kier alpha value is -1.47. The number of aromatic amines is 1. The Morgan fingerprint density at radius 2 is 1.97 bits per heavy atom. The number of H-pyrrole nitrogens is 1. The van der Waals surface area contributed by atoms with Crippen molar-refractivity contribution in [1.82, 2.24) is 19.7 Å². The maximum absolute atomic E-state index is 13.6. The van der Waals surface area contributed by atoms with Crippen LogP contribution < -0.4 is 0 Å². The molecule has 0 radical (unpaired) electrons. The van der Waals surface area contributed by atoms with E-state index in [1.54, 1.807) is 6.07 Å². The maximum Gasteiger partial charge on any atom is 0.123 e. The number of rotatable bonds is 6. The van der Waals surface area contributed by atoms with Gasteiger partial charge in [0.2, 0.25) is 0 Å². The Morgan fingerprint density at radius 3 is 2.72 bits per heavy atom. The number of piperidine rings is 1. The summed E-state index contributed by atoms with van der Waals surface area (Å²) in [4.78, 5) is 11.2. The first-order valence-electron chi connectivity index (χ1n) is 11.1. The lowest BCUT2D eigenvalue weighted by atomic mass is 9.86. The van der Waals surface area contributed by atoms with Crippen molar-refractivity contribution in [3.8, 4) is 0 Å². The summed E-state index contributed by atoms with van der Waals surface area (Å²) in [5.41, 5.74) is 3.38. The number of fused-ring (bicyclic) bond motifs is 1. The first-order chi connectivity index (χ1) is 14.0. The van der Waals surface area contributed by atoms with Crippen LogP contribution in [0.15, 0.2) is 18.2 Å². The van der Waals surface area contributed by atoms with Crippen molar-refractivity contribution in [2.75, 3.05) is 52.9 Å². The molecule has 2 fully saturated rings. The zero-order chi connectivity index (χ0) is 20.4. The number of aromatic nitrogens is 1. The molecule has 2 aliphatic heterocycles. The van der Waals surface area contributed by atoms with Gasteiger partial charge in [-0.15, -0.1) is 0 Å². The number of likely N-dealkylation sites (tertiary alicyclic amines) is 1. The molecule has 0 amide bonds. The summed E-state index contributed by atoms with van der Waals surface area (Å²) in [6, 6.07) is 5.62. The highest BCUT2D eigenvalue weighted by Gasteiger charge is 2.34. The van der Waals surface area contributed by atoms with Gasteiger partial charge in [-0.25, -0.2) is 4.39 Å². The quantitative estimate of drug-likeness (QED) is 0.780. The molecule has 6 heteroatoms. The standard InChI is InChI=1S/C23H35FN4O/c1-17-20-14-19(24)5-6-21(20)25-22(17)16-27-8-7-23(18(15-27)4-3-13-29)28-11-9-26(2)10-12-28/h5-6,14,18,23,25,29H,3-4,7-13,15-16H2,1-2H3/t18-,23+/m1/s1. The van der Waals surface area contributed by atoms with E-state index in [1.807, 2.05) is 6.07 Å². The van der Waals surface area contributed by atoms with Crippen molar-refractivity contribution in [2.45, 2.75) is 38.8 Å². The summed E-state index contributed by atoms with van der Waals surface area (Å²) in [5.74, 6) is 0.421. The summed E-state index contributed by atoms with van der Waals surface area (Å²) in [7, 11) is 2.21. The Kier molecular flexibility index (Phi) is 6.54. The summed E-state index contributed by atoms with van der Waals surface area (Å²) >= 11 is 0. The molecule has 0 unspecified atom stereocenters. The van der Waals surface area contributed by atoms with Gasteiger partial charge in [0.1, 0.15) is 5.82 Å². The van der Waals surface area contributed by atoms with E-state index in [0.29, 0.717) is 12.0 Å². The van der Waals surface area contributed by atoms with Gasteiger partial charge in [0, 0.05) is 75.1 Å². The summed E-state index contributed by atoms with van der Waals surface area (Å²) in [6.07, 6.45) is 3.15. The van der Waals surface area contributed by atoms with Crippen LogP contribution in [0.25, 0.3) is 10.9 Å². The van der Waals surface area contributed by atoms with Crippen LogP contribution >= 0.6 is 0 Å². The molecule has 1 aromatic heterocycles. The maximum atomic E-state index is 13.6. The minimum Gasteiger partial charge on any atom is -0.396 e. The van der Waals surface area contributed by atoms with Crippen LogP contribution in [0.5, 0.6) is 0 Å². The first-order valence-corrected chi connectivity index (χ1v) is 11.1. The average molecular weight is 403 g/mol. The van der Waals surface area contributed by atoms with Crippen molar-refractivity contribution in [3.05, 3.63) is 35.3 Å². The molecule has 3 heterocycles. The predicted molar refractivity (Wildman–Crippen MR) is 116 cm³/mol. The van der Waals surface area contributed by atoms with Crippen molar-refractivity contribution < 1.29 is 9.50 Å². The third kappa shape index (κ3) is 4.66. The summed E-state index contributed by atoms with van der Waals surface area (Å²) in [5, 5.41) is 10.4. The number of nitrogens with zero attached hydrogens (tertiary/aromatic N) is 3. The SMILES string of the molecule is Cc1c(CN2CC[C@H](N3CCN(C)CC3)[C@H](CCCO)C2)[nH]c2ccc(F)cc12. The normalized spacial score (nSPS) is 25.1. The summed E-state index contributed by atoms with van der Waals surface area (Å²) < 4.78 is 13.6. The number of hydrogen-bond donors (Lipinski definition) is 2. The first kappa shape index (κ1) is 20.8. The lowest BCUT2D eigenvalue weighted by molar-refractivity contribution is 0.0208. The molecule has 4 rings (SSSR count). The van der Waals surface area contributed by atoms with Crippen molar-refractivity contribution in [3.63, 3.8) is 0 Å². The van der Waals surface area contributed by atoms with E-state index in [0.717, 1.165) is 75.1 Å². The molecule has 29 heavy (non-hydrogen) atoms. The van der Waals surface area contributed by atoms with Gasteiger partial charge in [-0.2, -0.15) is 0 Å². The molecule has 5 nitrogen and oxygen atoms in total. The molecule has 1 aromatic carbocycles. The third-order valence-electron chi connectivity index (χ3n) is 7.02. The topological polar surface area (TPSA) is 45.7 Å². The fourth-order valence-electron chi connectivity index (χ4n) is 5.25. The van der Waals surface area contributed by atoms with Crippen molar-refractivity contribution >= 4 is 10.9 Å². The minimum absolute atomic E-state index is 0.178. The van der Waals surface area contributed by atoms with Crippen LogP contribution in [-0.2, 0) is 6.54 Å². The molecule has 0 aliphatic carbocycles. The second kappa shape index (κ2) is 9.13. The number of aliphatic hydroxyl groups excluding tert-OH is 1. The highest BCUT2D eigenvalue weighted by Crippen LogP contribution is 2.29. The van der Waals surface area contributed by atoms with Gasteiger partial charge in [-0.05, 0) is 62.9 Å². The van der Waals surface area contributed by atoms with Gasteiger partial charge < -0.3 is 15.0 Å². The third-order valence-corrected chi connectivity index (χ3v) is 7.02. The Labute approximate surface area is 173 Å². The fraction of sp³-hybridized carbons (Fsp3) is 0.652. The van der Waals surface area contributed by atoms with Crippen LogP contribution in [0.3, 0.4) is 0 Å². The molecule has 2 atom stereocenters. The number of benzene rings is 1. The van der Waals surface area contributed by atoms with E-state index in [-0.39, 0.29) is 12.4 Å². The molecule has 2 aliphatic rings. The second-order valence-electron chi connectivity index (χ2n) is 8.97. The smallest absolute Gasteiger partial charge is 0.123 e. The van der Waals surface area contributed by atoms with Crippen LogP contribution in [0.2, 0.25) is 0 Å². The molecule has 0 spiro atoms. The summed E-state index contributed by atoms with van der Waals surface area (Å²) in [6.45, 7) is 10.0. The van der Waals surface area contributed by atoms with E-state index >= 15 is 0 Å². The second-order valence-corrected chi connectivity index (χ2v) is 8.97. The molecule has 2 N–H and O–H groups in total. The van der Waals surface area contributed by atoms with Gasteiger partial charge in [0.25, 0.3) is 0 Å². The van der Waals surface area contributed by atoms with Gasteiger partial charge in [0.15, 0.2) is 0 Å². The molecule has 160 valence electrons. The highest BCUT2D eigenvalue weighted by molar-refractivity contribution is 5.84. The monoisotopic (exact) mass is 402 g/mol. The van der Waals surface area contributed by atoms with Crippen LogP contribution in [0.1, 0.15) is 30.5 Å². The molecule has 2 aromatic rings. The Bertz CT molecular complexity index is 815. The Balaban J connectivity index is 1.45. The number of halogens is 1. The number of aliphatic hydroxyl groups is 1. The van der Waals surface area contributed by atoms with E-state index in [9.17, 15) is 9.50 Å². The zero-order valence-corrected chi connectivity index (χ0v) is 17.8. The van der Waals surface area contributed by atoms with Crippen molar-refractivity contribution in [2.24, 2.45) is 5.92 Å². The number of piperazine rings is 1. The van der Waals surface area contributed by atoms with E-state index in [1.165, 1.54) is 18.2 Å². The molecule has 0 saturated carbocycles. The van der Waals surface area contributed by atoms with Gasteiger partial charge >= 0.3 is 0 Å². The Morgan fingerprint density at radius 1 is 1.17 bits per heavy atom. The molecular formula is C23H35FN4O. The average Bonchev–Trinajstić information content (AvgIpc) is 3.02. The van der Waals surface area contributed by atoms with E-state index in [2.05, 4.69) is 33.7 Å². The number of likely N-dealkylation sites (N-methyl/N-ethyl adjacent to an activating group) is 1. The van der Waals surface area contributed by atoms with E-state index < -0.39 is 0 Å². The minimum atomic E-state index is -0.178. The van der Waals surface area contributed by atoms with E-state index in [4.69, 9.17) is 0 Å². The highest BCUT2D eigenvalue weighted by atomic mass is 19.1. The van der Waals surface area contributed by atoms with Crippen molar-refractivity contribution in [1.29, 1.82) is 0 Å².